The Kier molecular flexibility index (Phi) is 5.25. The topological polar surface area (TPSA) is 43.8 Å². The Hall–Kier alpha value is -1.10. The molecule has 0 aliphatic carbocycles. The van der Waals surface area contributed by atoms with E-state index in [1.165, 1.54) is 13.0 Å². The zero-order valence-electron chi connectivity index (χ0n) is 12.9. The fraction of sp³-hybridized carbons (Fsp3) is 0.562. The minimum Gasteiger partial charge on any atom is -0.507 e. The molecule has 1 aromatic rings. The van der Waals surface area contributed by atoms with Crippen LogP contribution in [0, 0.1) is 0 Å². The Morgan fingerprint density at radius 1 is 1.29 bits per heavy atom. The van der Waals surface area contributed by atoms with Crippen molar-refractivity contribution < 1.29 is 9.90 Å². The van der Waals surface area contributed by atoms with E-state index < -0.39 is 0 Å². The second-order valence-electron chi connectivity index (χ2n) is 5.92. The maximum Gasteiger partial charge on any atom is 0.163 e. The second kappa shape index (κ2) is 6.77. The van der Waals surface area contributed by atoms with Gasteiger partial charge in [0.05, 0.1) is 5.56 Å². The number of rotatable bonds is 4. The van der Waals surface area contributed by atoms with E-state index in [1.54, 1.807) is 6.07 Å². The van der Waals surface area contributed by atoms with Gasteiger partial charge >= 0.3 is 0 Å². The molecule has 0 bridgehead atoms. The van der Waals surface area contributed by atoms with Crippen molar-refractivity contribution in [2.45, 2.75) is 33.4 Å². The number of hydrogen-bond acceptors (Lipinski definition) is 4. The molecular weight excluding hydrogens is 288 g/mol. The van der Waals surface area contributed by atoms with Crippen molar-refractivity contribution in [3.8, 4) is 5.75 Å². The summed E-state index contributed by atoms with van der Waals surface area (Å²) in [5, 5.41) is 10.7. The third kappa shape index (κ3) is 3.96. The van der Waals surface area contributed by atoms with Gasteiger partial charge in [-0.3, -0.25) is 14.6 Å². The van der Waals surface area contributed by atoms with Crippen molar-refractivity contribution in [2.75, 3.05) is 26.2 Å². The average molecular weight is 311 g/mol. The fourth-order valence-electron chi connectivity index (χ4n) is 2.72. The lowest BCUT2D eigenvalue weighted by molar-refractivity contribution is 0.100. The number of ketones is 1. The quantitative estimate of drug-likeness (QED) is 0.869. The third-order valence-electron chi connectivity index (χ3n) is 4.06. The summed E-state index contributed by atoms with van der Waals surface area (Å²) >= 11 is 6.06. The van der Waals surface area contributed by atoms with Gasteiger partial charge in [-0.1, -0.05) is 11.6 Å². The van der Waals surface area contributed by atoms with Crippen LogP contribution < -0.4 is 0 Å². The molecule has 0 spiro atoms. The predicted molar refractivity (Wildman–Crippen MR) is 85.1 cm³/mol. The fourth-order valence-corrected chi connectivity index (χ4v) is 2.96. The third-order valence-corrected chi connectivity index (χ3v) is 4.28. The number of aromatic hydroxyl groups is 1. The average Bonchev–Trinajstić information content (AvgIpc) is 2.42. The summed E-state index contributed by atoms with van der Waals surface area (Å²) in [6, 6.07) is 3.84. The molecule has 1 heterocycles. The molecule has 0 amide bonds. The van der Waals surface area contributed by atoms with E-state index in [2.05, 4.69) is 23.6 Å². The van der Waals surface area contributed by atoms with Crippen LogP contribution >= 0.6 is 11.6 Å². The minimum absolute atomic E-state index is 0.0678. The molecule has 1 aromatic carbocycles. The van der Waals surface area contributed by atoms with Gasteiger partial charge in [-0.25, -0.2) is 0 Å². The maximum absolute atomic E-state index is 11.5. The van der Waals surface area contributed by atoms with E-state index in [4.69, 9.17) is 11.6 Å². The lowest BCUT2D eigenvalue weighted by Gasteiger charge is -2.37. The van der Waals surface area contributed by atoms with Crippen LogP contribution in [0.1, 0.15) is 36.7 Å². The van der Waals surface area contributed by atoms with E-state index in [0.29, 0.717) is 23.2 Å². The maximum atomic E-state index is 11.5. The van der Waals surface area contributed by atoms with Crippen LogP contribution in [-0.2, 0) is 6.54 Å². The lowest BCUT2D eigenvalue weighted by atomic mass is 10.0. The molecule has 0 unspecified atom stereocenters. The smallest absolute Gasteiger partial charge is 0.163 e. The Bertz CT molecular complexity index is 523. The molecule has 1 N–H and O–H groups in total. The van der Waals surface area contributed by atoms with Gasteiger partial charge in [0.2, 0.25) is 0 Å². The van der Waals surface area contributed by atoms with Crippen LogP contribution in [0.3, 0.4) is 0 Å². The Labute approximate surface area is 131 Å². The van der Waals surface area contributed by atoms with Crippen LogP contribution in [0.5, 0.6) is 5.75 Å². The molecule has 0 atom stereocenters. The molecule has 1 fully saturated rings. The summed E-state index contributed by atoms with van der Waals surface area (Å²) in [6.07, 6.45) is 0. The second-order valence-corrected chi connectivity index (χ2v) is 6.36. The molecule has 0 radical (unpaired) electrons. The SMILES string of the molecule is CC(=O)c1cc(Cl)cc(CN2CCN(C(C)C)CC2)c1O. The molecule has 1 saturated heterocycles. The Balaban J connectivity index is 2.09. The highest BCUT2D eigenvalue weighted by Gasteiger charge is 2.21. The monoisotopic (exact) mass is 310 g/mol. The molecule has 1 aliphatic heterocycles. The van der Waals surface area contributed by atoms with E-state index in [9.17, 15) is 9.90 Å². The molecular formula is C16H23ClN2O2. The summed E-state index contributed by atoms with van der Waals surface area (Å²) in [5.74, 6) is -0.0981. The lowest BCUT2D eigenvalue weighted by Crippen LogP contribution is -2.48. The minimum atomic E-state index is -0.166. The first-order valence-corrected chi connectivity index (χ1v) is 7.75. The van der Waals surface area contributed by atoms with Crippen LogP contribution in [0.15, 0.2) is 12.1 Å². The molecule has 116 valence electrons. The predicted octanol–water partition coefficient (Wildman–Crippen LogP) is 2.77. The molecule has 21 heavy (non-hydrogen) atoms. The molecule has 1 aliphatic rings. The van der Waals surface area contributed by atoms with Gasteiger partial charge in [-0.2, -0.15) is 0 Å². The summed E-state index contributed by atoms with van der Waals surface area (Å²) < 4.78 is 0. The largest absolute Gasteiger partial charge is 0.507 e. The summed E-state index contributed by atoms with van der Waals surface area (Å²) in [7, 11) is 0. The zero-order chi connectivity index (χ0) is 15.6. The number of piperazine rings is 1. The van der Waals surface area contributed by atoms with Crippen molar-refractivity contribution >= 4 is 17.4 Å². The molecule has 2 rings (SSSR count). The first-order valence-electron chi connectivity index (χ1n) is 7.37. The number of carbonyl (C=O) groups excluding carboxylic acids is 1. The van der Waals surface area contributed by atoms with Gasteiger partial charge in [0.25, 0.3) is 0 Å². The van der Waals surface area contributed by atoms with Gasteiger partial charge in [0, 0.05) is 49.4 Å². The summed E-state index contributed by atoms with van der Waals surface area (Å²) in [5.41, 5.74) is 1.03. The Morgan fingerprint density at radius 3 is 2.43 bits per heavy atom. The van der Waals surface area contributed by atoms with Crippen molar-refractivity contribution in [1.82, 2.24) is 9.80 Å². The van der Waals surface area contributed by atoms with E-state index in [-0.39, 0.29) is 11.5 Å². The summed E-state index contributed by atoms with van der Waals surface area (Å²) in [6.45, 7) is 10.4. The van der Waals surface area contributed by atoms with Crippen LogP contribution in [-0.4, -0.2) is 52.9 Å². The number of nitrogens with zero attached hydrogens (tertiary/aromatic N) is 2. The van der Waals surface area contributed by atoms with Gasteiger partial charge in [-0.15, -0.1) is 0 Å². The van der Waals surface area contributed by atoms with E-state index in [0.717, 1.165) is 31.7 Å². The number of phenols is 1. The van der Waals surface area contributed by atoms with Gasteiger partial charge in [-0.05, 0) is 32.9 Å². The molecule has 0 aromatic heterocycles. The zero-order valence-corrected chi connectivity index (χ0v) is 13.7. The number of Topliss-reactive ketones (excluding diaryl/α,β-unsaturated/α-hetero) is 1. The van der Waals surface area contributed by atoms with Gasteiger partial charge < -0.3 is 5.11 Å². The number of benzene rings is 1. The van der Waals surface area contributed by atoms with Crippen LogP contribution in [0.25, 0.3) is 0 Å². The van der Waals surface area contributed by atoms with Crippen LogP contribution in [0.4, 0.5) is 0 Å². The normalized spacial score (nSPS) is 17.4. The number of halogens is 1. The first kappa shape index (κ1) is 16.3. The Morgan fingerprint density at radius 2 is 1.90 bits per heavy atom. The van der Waals surface area contributed by atoms with E-state index >= 15 is 0 Å². The highest BCUT2D eigenvalue weighted by Crippen LogP contribution is 2.29. The number of carbonyl (C=O) groups is 1. The van der Waals surface area contributed by atoms with Crippen molar-refractivity contribution in [3.05, 3.63) is 28.3 Å². The van der Waals surface area contributed by atoms with Gasteiger partial charge in [0.1, 0.15) is 5.75 Å². The van der Waals surface area contributed by atoms with E-state index in [1.807, 2.05) is 0 Å². The summed E-state index contributed by atoms with van der Waals surface area (Å²) in [4.78, 5) is 16.3. The van der Waals surface area contributed by atoms with Crippen molar-refractivity contribution in [3.63, 3.8) is 0 Å². The van der Waals surface area contributed by atoms with Crippen molar-refractivity contribution in [2.24, 2.45) is 0 Å². The van der Waals surface area contributed by atoms with Gasteiger partial charge in [0.15, 0.2) is 5.78 Å². The number of hydrogen-bond donors (Lipinski definition) is 1. The molecule has 5 heteroatoms. The molecule has 0 saturated carbocycles. The standard InChI is InChI=1S/C16H23ClN2O2/c1-11(2)19-6-4-18(5-7-19)10-13-8-14(17)9-15(12(3)20)16(13)21/h8-9,11,21H,4-7,10H2,1-3H3. The van der Waals surface area contributed by atoms with Crippen LogP contribution in [0.2, 0.25) is 5.02 Å². The molecule has 4 nitrogen and oxygen atoms in total. The number of phenolic OH excluding ortho intramolecular Hbond substituents is 1. The van der Waals surface area contributed by atoms with Crippen molar-refractivity contribution in [1.29, 1.82) is 0 Å². The highest BCUT2D eigenvalue weighted by molar-refractivity contribution is 6.31. The highest BCUT2D eigenvalue weighted by atomic mass is 35.5. The first-order chi connectivity index (χ1) is 9.88.